The minimum atomic E-state index is -1.11. The van der Waals surface area contributed by atoms with Gasteiger partial charge in [0.15, 0.2) is 0 Å². The SMILES string of the molecule is C#CCN(CC(=O)O)C(=O)c1ccc(OC)c(Br)c1. The molecule has 1 amide bonds. The second kappa shape index (κ2) is 6.81. The van der Waals surface area contributed by atoms with Crippen molar-refractivity contribution in [2.24, 2.45) is 0 Å². The lowest BCUT2D eigenvalue weighted by Gasteiger charge is -2.18. The van der Waals surface area contributed by atoms with Gasteiger partial charge in [-0.25, -0.2) is 0 Å². The van der Waals surface area contributed by atoms with E-state index in [1.165, 1.54) is 7.11 Å². The maximum Gasteiger partial charge on any atom is 0.323 e. The molecule has 6 heteroatoms. The highest BCUT2D eigenvalue weighted by Gasteiger charge is 2.18. The van der Waals surface area contributed by atoms with Crippen LogP contribution in [0.4, 0.5) is 0 Å². The average Bonchev–Trinajstić information content (AvgIpc) is 2.36. The maximum atomic E-state index is 12.1. The zero-order valence-corrected chi connectivity index (χ0v) is 11.8. The molecule has 0 heterocycles. The first-order chi connectivity index (χ1) is 8.99. The standard InChI is InChI=1S/C13H12BrNO4/c1-3-6-15(8-12(16)17)13(18)9-4-5-11(19-2)10(14)7-9/h1,4-5,7H,6,8H2,2H3,(H,16,17). The number of carboxylic acid groups (broad SMARTS) is 1. The van der Waals surface area contributed by atoms with Crippen LogP contribution in [0.1, 0.15) is 10.4 Å². The molecule has 0 fully saturated rings. The summed E-state index contributed by atoms with van der Waals surface area (Å²) in [5, 5.41) is 8.75. The zero-order chi connectivity index (χ0) is 14.4. The summed E-state index contributed by atoms with van der Waals surface area (Å²) in [6, 6.07) is 4.73. The number of methoxy groups -OCH3 is 1. The number of terminal acetylenes is 1. The van der Waals surface area contributed by atoms with Crippen LogP contribution in [0.2, 0.25) is 0 Å². The lowest BCUT2D eigenvalue weighted by molar-refractivity contribution is -0.137. The Balaban J connectivity index is 2.99. The molecule has 1 rings (SSSR count). The van der Waals surface area contributed by atoms with E-state index in [1.807, 2.05) is 0 Å². The summed E-state index contributed by atoms with van der Waals surface area (Å²) >= 11 is 3.26. The molecule has 100 valence electrons. The first kappa shape index (κ1) is 15.1. The molecular formula is C13H12BrNO4. The smallest absolute Gasteiger partial charge is 0.323 e. The normalized spacial score (nSPS) is 9.53. The zero-order valence-electron chi connectivity index (χ0n) is 10.2. The quantitative estimate of drug-likeness (QED) is 0.835. The highest BCUT2D eigenvalue weighted by Crippen LogP contribution is 2.26. The number of rotatable bonds is 5. The summed E-state index contributed by atoms with van der Waals surface area (Å²) < 4.78 is 5.66. The topological polar surface area (TPSA) is 66.8 Å². The summed E-state index contributed by atoms with van der Waals surface area (Å²) in [5.74, 6) is 1.29. The van der Waals surface area contributed by atoms with Gasteiger partial charge in [0, 0.05) is 5.56 Å². The van der Waals surface area contributed by atoms with E-state index in [2.05, 4.69) is 21.9 Å². The van der Waals surface area contributed by atoms with Gasteiger partial charge in [-0.2, -0.15) is 0 Å². The summed E-state index contributed by atoms with van der Waals surface area (Å²) in [5.41, 5.74) is 0.337. The maximum absolute atomic E-state index is 12.1. The molecule has 0 atom stereocenters. The molecule has 0 unspecified atom stereocenters. The lowest BCUT2D eigenvalue weighted by Crippen LogP contribution is -2.35. The predicted octanol–water partition coefficient (Wildman–Crippen LogP) is 1.62. The van der Waals surface area contributed by atoms with E-state index in [-0.39, 0.29) is 6.54 Å². The van der Waals surface area contributed by atoms with Crippen LogP contribution in [0.15, 0.2) is 22.7 Å². The monoisotopic (exact) mass is 325 g/mol. The lowest BCUT2D eigenvalue weighted by atomic mass is 10.2. The second-order valence-electron chi connectivity index (χ2n) is 3.61. The third-order valence-corrected chi connectivity index (χ3v) is 2.91. The molecule has 0 spiro atoms. The molecule has 0 aromatic heterocycles. The van der Waals surface area contributed by atoms with Gasteiger partial charge < -0.3 is 14.7 Å². The molecule has 1 N–H and O–H groups in total. The first-order valence-electron chi connectivity index (χ1n) is 5.27. The summed E-state index contributed by atoms with van der Waals surface area (Å²) in [7, 11) is 1.51. The van der Waals surface area contributed by atoms with Crippen LogP contribution in [0, 0.1) is 12.3 Å². The molecule has 0 saturated heterocycles. The predicted molar refractivity (Wildman–Crippen MR) is 73.1 cm³/mol. The Morgan fingerprint density at radius 3 is 2.68 bits per heavy atom. The number of amides is 1. The molecule has 0 aliphatic rings. The molecule has 1 aromatic rings. The van der Waals surface area contributed by atoms with Gasteiger partial charge in [0.05, 0.1) is 18.1 Å². The van der Waals surface area contributed by atoms with Crippen LogP contribution in [0.5, 0.6) is 5.75 Å². The van der Waals surface area contributed by atoms with Crippen molar-refractivity contribution in [2.45, 2.75) is 0 Å². The number of aliphatic carboxylic acids is 1. The van der Waals surface area contributed by atoms with Crippen molar-refractivity contribution in [1.29, 1.82) is 0 Å². The van der Waals surface area contributed by atoms with Crippen molar-refractivity contribution < 1.29 is 19.4 Å². The summed E-state index contributed by atoms with van der Waals surface area (Å²) in [6.07, 6.45) is 5.13. The van der Waals surface area contributed by atoms with Crippen LogP contribution in [-0.2, 0) is 4.79 Å². The molecule has 0 saturated carbocycles. The summed E-state index contributed by atoms with van der Waals surface area (Å²) in [6.45, 7) is -0.499. The number of carbonyl (C=O) groups excluding carboxylic acids is 1. The molecule has 0 aliphatic heterocycles. The number of hydrogen-bond donors (Lipinski definition) is 1. The fourth-order valence-corrected chi connectivity index (χ4v) is 2.00. The van der Waals surface area contributed by atoms with Crippen LogP contribution in [0.3, 0.4) is 0 Å². The van der Waals surface area contributed by atoms with Gasteiger partial charge >= 0.3 is 5.97 Å². The number of carboxylic acids is 1. The number of carbonyl (C=O) groups is 2. The van der Waals surface area contributed by atoms with E-state index in [0.29, 0.717) is 15.8 Å². The number of benzene rings is 1. The molecule has 1 aromatic carbocycles. The molecule has 0 bridgehead atoms. The second-order valence-corrected chi connectivity index (χ2v) is 4.46. The van der Waals surface area contributed by atoms with Gasteiger partial charge in [0.1, 0.15) is 12.3 Å². The largest absolute Gasteiger partial charge is 0.496 e. The summed E-state index contributed by atoms with van der Waals surface area (Å²) in [4.78, 5) is 23.9. The van der Waals surface area contributed by atoms with Gasteiger partial charge in [-0.15, -0.1) is 6.42 Å². The minimum absolute atomic E-state index is 0.0607. The number of nitrogens with zero attached hydrogens (tertiary/aromatic N) is 1. The van der Waals surface area contributed by atoms with Crippen LogP contribution in [-0.4, -0.2) is 42.1 Å². The Morgan fingerprint density at radius 1 is 1.53 bits per heavy atom. The van der Waals surface area contributed by atoms with Crippen LogP contribution in [0.25, 0.3) is 0 Å². The highest BCUT2D eigenvalue weighted by molar-refractivity contribution is 9.10. The van der Waals surface area contributed by atoms with Crippen LogP contribution < -0.4 is 4.74 Å². The van der Waals surface area contributed by atoms with Crippen molar-refractivity contribution in [2.75, 3.05) is 20.2 Å². The van der Waals surface area contributed by atoms with Gasteiger partial charge in [-0.3, -0.25) is 9.59 Å². The van der Waals surface area contributed by atoms with E-state index >= 15 is 0 Å². The van der Waals surface area contributed by atoms with Crippen molar-refractivity contribution in [3.63, 3.8) is 0 Å². The highest BCUT2D eigenvalue weighted by atomic mass is 79.9. The third kappa shape index (κ3) is 4.00. The Morgan fingerprint density at radius 2 is 2.21 bits per heavy atom. The molecule has 0 aliphatic carbocycles. The van der Waals surface area contributed by atoms with Gasteiger partial charge in [0.2, 0.25) is 0 Å². The number of hydrogen-bond acceptors (Lipinski definition) is 3. The van der Waals surface area contributed by atoms with E-state index in [9.17, 15) is 9.59 Å². The average molecular weight is 326 g/mol. The van der Waals surface area contributed by atoms with E-state index in [4.69, 9.17) is 16.3 Å². The van der Waals surface area contributed by atoms with Crippen molar-refractivity contribution in [1.82, 2.24) is 4.90 Å². The molecular weight excluding hydrogens is 314 g/mol. The fraction of sp³-hybridized carbons (Fsp3) is 0.231. The van der Waals surface area contributed by atoms with E-state index in [1.54, 1.807) is 18.2 Å². The Bertz CT molecular complexity index is 536. The first-order valence-corrected chi connectivity index (χ1v) is 6.07. The van der Waals surface area contributed by atoms with E-state index < -0.39 is 18.4 Å². The van der Waals surface area contributed by atoms with Crippen molar-refractivity contribution in [3.05, 3.63) is 28.2 Å². The van der Waals surface area contributed by atoms with Crippen molar-refractivity contribution >= 4 is 27.8 Å². The third-order valence-electron chi connectivity index (χ3n) is 2.29. The number of ether oxygens (including phenoxy) is 1. The van der Waals surface area contributed by atoms with E-state index in [0.717, 1.165) is 4.90 Å². The Kier molecular flexibility index (Phi) is 5.39. The van der Waals surface area contributed by atoms with Crippen LogP contribution >= 0.6 is 15.9 Å². The molecule has 19 heavy (non-hydrogen) atoms. The van der Waals surface area contributed by atoms with Gasteiger partial charge in [0.25, 0.3) is 5.91 Å². The van der Waals surface area contributed by atoms with Crippen molar-refractivity contribution in [3.8, 4) is 18.1 Å². The minimum Gasteiger partial charge on any atom is -0.496 e. The molecule has 5 nitrogen and oxygen atoms in total. The number of halogens is 1. The fourth-order valence-electron chi connectivity index (χ4n) is 1.45. The Labute approximate surface area is 119 Å². The molecule has 0 radical (unpaired) electrons. The Hall–Kier alpha value is -2.00. The van der Waals surface area contributed by atoms with Gasteiger partial charge in [-0.1, -0.05) is 5.92 Å². The van der Waals surface area contributed by atoms with Gasteiger partial charge in [-0.05, 0) is 34.1 Å².